The van der Waals surface area contributed by atoms with Crippen molar-refractivity contribution in [2.75, 3.05) is 0 Å². The van der Waals surface area contributed by atoms with Gasteiger partial charge in [0.05, 0.1) is 0 Å². The Bertz CT molecular complexity index is 19.1. The second-order valence-electron chi connectivity index (χ2n) is 0.0891. The summed E-state index contributed by atoms with van der Waals surface area (Å²) in [6, 6.07) is 0. The van der Waals surface area contributed by atoms with Crippen molar-refractivity contribution < 1.29 is 35.7 Å². The zero-order valence-electron chi connectivity index (χ0n) is 3.36. The van der Waals surface area contributed by atoms with Gasteiger partial charge in [-0.15, -0.1) is 0 Å². The van der Waals surface area contributed by atoms with Gasteiger partial charge in [0, 0.05) is 0 Å². The van der Waals surface area contributed by atoms with E-state index in [9.17, 15) is 0 Å². The van der Waals surface area contributed by atoms with Gasteiger partial charge in [0.15, 0.2) is 0 Å². The Hall–Kier alpha value is 1.59. The molecular weight excluding hydrogens is 177 g/mol. The van der Waals surface area contributed by atoms with E-state index in [1.807, 2.05) is 0 Å². The molecule has 4 heavy (non-hydrogen) atoms. The van der Waals surface area contributed by atoms with Gasteiger partial charge in [-0.05, 0) is 0 Å². The Labute approximate surface area is 62.4 Å². The van der Waals surface area contributed by atoms with Crippen molar-refractivity contribution >= 4 is 27.4 Å². The van der Waals surface area contributed by atoms with Crippen LogP contribution in [0.25, 0.3) is 0 Å². The molecule has 0 radical (unpaired) electrons. The second kappa shape index (κ2) is 8.82. The molecule has 0 bridgehead atoms. The van der Waals surface area contributed by atoms with Crippen LogP contribution in [0.4, 0.5) is 0 Å². The molecule has 0 heterocycles. The molecule has 0 aromatic heterocycles. The smallest absolute Gasteiger partial charge is 1.00 e. The normalized spacial score (nSPS) is 2.25. The summed E-state index contributed by atoms with van der Waals surface area (Å²) >= 11 is 1.61. The molecule has 0 aliphatic rings. The minimum atomic E-state index is 0. The first-order valence-electron chi connectivity index (χ1n) is 0.454. The molecule has 0 rings (SSSR count). The van der Waals surface area contributed by atoms with Gasteiger partial charge < -0.3 is 1.43 Å². The summed E-state index contributed by atoms with van der Waals surface area (Å²) in [5.41, 5.74) is 0. The first-order valence-corrected chi connectivity index (χ1v) is 1.70. The van der Waals surface area contributed by atoms with Crippen LogP contribution in [-0.2, 0) is 4.70 Å². The molecule has 0 aromatic rings. The van der Waals surface area contributed by atoms with Gasteiger partial charge in [0.2, 0.25) is 0 Å². The van der Waals surface area contributed by atoms with Gasteiger partial charge in [-0.3, -0.25) is 0 Å². The van der Waals surface area contributed by atoms with Crippen LogP contribution < -0.4 is 29.6 Å². The summed E-state index contributed by atoms with van der Waals surface area (Å²) < 4.78 is 8.79. The van der Waals surface area contributed by atoms with Crippen LogP contribution in [0.1, 0.15) is 1.43 Å². The van der Waals surface area contributed by atoms with Crippen molar-refractivity contribution in [1.82, 2.24) is 0 Å². The van der Waals surface area contributed by atoms with Crippen molar-refractivity contribution in [2.45, 2.75) is 0 Å². The van der Waals surface area contributed by atoms with Gasteiger partial charge in [-0.25, -0.2) is 0 Å². The summed E-state index contributed by atoms with van der Waals surface area (Å²) in [7, 11) is 0. The predicted molar refractivity (Wildman–Crippen MR) is 21.6 cm³/mol. The van der Waals surface area contributed by atoms with E-state index < -0.39 is 0 Å². The van der Waals surface area contributed by atoms with E-state index in [-0.39, 0.29) is 31.0 Å². The summed E-state index contributed by atoms with van der Waals surface area (Å²) in [5.74, 6) is 0. The minimum Gasteiger partial charge on any atom is -1.00 e. The largest absolute Gasteiger partial charge is 1.00 e. The molecule has 0 N–H and O–H groups in total. The monoisotopic (exact) mass is 178 g/mol. The quantitative estimate of drug-likeness (QED) is 0.296. The fourth-order valence-electron chi connectivity index (χ4n) is 0. The van der Waals surface area contributed by atoms with E-state index in [2.05, 4.69) is 0 Å². The van der Waals surface area contributed by atoms with Crippen LogP contribution in [-0.4, -0.2) is 5.01 Å². The fraction of sp³-hybridized carbons (Fsp3) is 0. The first kappa shape index (κ1) is 9.14. The van der Waals surface area contributed by atoms with Crippen molar-refractivity contribution in [3.63, 3.8) is 0 Å². The number of hydrogen-bond donors (Lipinski definition) is 0. The van der Waals surface area contributed by atoms with Crippen LogP contribution in [0.15, 0.2) is 0 Å². The number of hydrogen-bond acceptors (Lipinski definition) is 1. The van der Waals surface area contributed by atoms with Crippen LogP contribution in [0.5, 0.6) is 0 Å². The van der Waals surface area contributed by atoms with Gasteiger partial charge in [0.1, 0.15) is 0 Å². The van der Waals surface area contributed by atoms with E-state index in [0.29, 0.717) is 0 Å². The Morgan fingerprint density at radius 1 is 2.00 bits per heavy atom. The van der Waals surface area contributed by atoms with Gasteiger partial charge >= 0.3 is 61.6 Å². The molecule has 0 aromatic carbocycles. The molecule has 0 atom stereocenters. The molecule has 0 spiro atoms. The molecule has 0 aliphatic heterocycles. The van der Waals surface area contributed by atoms with E-state index in [1.165, 1.54) is 0 Å². The average Bonchev–Trinajstić information content (AvgIpc) is 0.918. The third-order valence-corrected chi connectivity index (χ3v) is 0. The summed E-state index contributed by atoms with van der Waals surface area (Å²) in [4.78, 5) is 0. The second-order valence-corrected chi connectivity index (χ2v) is 0.598. The molecule has 0 saturated heterocycles. The molecule has 0 aliphatic carbocycles. The molecule has 0 fully saturated rings. The molecule has 0 saturated carbocycles. The predicted octanol–water partition coefficient (Wildman–Crippen LogP) is -2.50. The van der Waals surface area contributed by atoms with E-state index in [4.69, 9.17) is 4.70 Å². The maximum atomic E-state index is 8.79. The van der Waals surface area contributed by atoms with Crippen molar-refractivity contribution in [3.8, 4) is 0 Å². The van der Waals surface area contributed by atoms with Gasteiger partial charge in [0.25, 0.3) is 0 Å². The standard InChI is InChI=1S/BIO.Na.H/c2-1-3;;/q;+1;-1. The Balaban J connectivity index is -0.0000000200. The average molecular weight is 178 g/mol. The Morgan fingerprint density at radius 3 is 2.00 bits per heavy atom. The number of halogens is 1. The molecule has 4 heteroatoms. The third kappa shape index (κ3) is 9.52. The summed E-state index contributed by atoms with van der Waals surface area (Å²) in [6.07, 6.45) is 0. The topological polar surface area (TPSA) is 17.1 Å². The van der Waals surface area contributed by atoms with Crippen LogP contribution in [0, 0.1) is 0 Å². The molecule has 0 amide bonds. The SMILES string of the molecule is O=BI.[H-].[Na+]. The first-order chi connectivity index (χ1) is 1.41. The van der Waals surface area contributed by atoms with Crippen molar-refractivity contribution in [3.05, 3.63) is 0 Å². The summed E-state index contributed by atoms with van der Waals surface area (Å²) in [5, 5.41) is 0.720. The number of rotatable bonds is 0. The molecule has 0 unspecified atom stereocenters. The molecule has 18 valence electrons. The van der Waals surface area contributed by atoms with Gasteiger partial charge in [-0.1, -0.05) is 0 Å². The van der Waals surface area contributed by atoms with Crippen LogP contribution in [0.2, 0.25) is 0 Å². The van der Waals surface area contributed by atoms with E-state index >= 15 is 0 Å². The van der Waals surface area contributed by atoms with E-state index in [0.717, 1.165) is 5.01 Å². The van der Waals surface area contributed by atoms with Crippen molar-refractivity contribution in [2.24, 2.45) is 0 Å². The van der Waals surface area contributed by atoms with E-state index in [1.54, 1.807) is 22.4 Å². The molecule has 1 nitrogen and oxygen atoms in total. The van der Waals surface area contributed by atoms with Gasteiger partial charge in [-0.2, -0.15) is 0 Å². The maximum absolute atomic E-state index is 8.79. The zero-order valence-corrected chi connectivity index (χ0v) is 6.52. The molecular formula is HBINaO. The Morgan fingerprint density at radius 2 is 2.00 bits per heavy atom. The fourth-order valence-corrected chi connectivity index (χ4v) is 0. The Kier molecular flexibility index (Phi) is 20.2. The van der Waals surface area contributed by atoms with Crippen LogP contribution in [0.3, 0.4) is 0 Å². The summed E-state index contributed by atoms with van der Waals surface area (Å²) in [6.45, 7) is 0. The van der Waals surface area contributed by atoms with Crippen LogP contribution >= 0.6 is 22.4 Å². The zero-order chi connectivity index (χ0) is 2.71. The minimum absolute atomic E-state index is 0. The third-order valence-electron chi connectivity index (χ3n) is 0. The van der Waals surface area contributed by atoms with Crippen molar-refractivity contribution in [1.29, 1.82) is 0 Å². The maximum Gasteiger partial charge on any atom is 1.00 e.